The third-order valence-electron chi connectivity index (χ3n) is 2.55. The SMILES string of the molecule is C=CCc1c[nH]c2cc(C(=O)OC)ccc12. The number of nitrogens with one attached hydrogen (secondary N) is 1. The van der Waals surface area contributed by atoms with Gasteiger partial charge < -0.3 is 9.72 Å². The Hall–Kier alpha value is -2.03. The van der Waals surface area contributed by atoms with Crippen LogP contribution in [0.25, 0.3) is 10.9 Å². The van der Waals surface area contributed by atoms with Crippen LogP contribution < -0.4 is 0 Å². The summed E-state index contributed by atoms with van der Waals surface area (Å²) in [4.78, 5) is 14.5. The molecule has 1 N–H and O–H groups in total. The van der Waals surface area contributed by atoms with Crippen molar-refractivity contribution < 1.29 is 9.53 Å². The molecular formula is C13H13NO2. The van der Waals surface area contributed by atoms with E-state index in [0.717, 1.165) is 17.3 Å². The largest absolute Gasteiger partial charge is 0.465 e. The Kier molecular flexibility index (Phi) is 2.77. The van der Waals surface area contributed by atoms with E-state index < -0.39 is 0 Å². The van der Waals surface area contributed by atoms with Gasteiger partial charge in [0.1, 0.15) is 0 Å². The number of aromatic amines is 1. The van der Waals surface area contributed by atoms with Crippen LogP contribution in [0.4, 0.5) is 0 Å². The maximum absolute atomic E-state index is 11.3. The number of carbonyl (C=O) groups is 1. The molecule has 3 nitrogen and oxygen atoms in total. The summed E-state index contributed by atoms with van der Waals surface area (Å²) in [6.07, 6.45) is 4.61. The van der Waals surface area contributed by atoms with Crippen LogP contribution in [0.15, 0.2) is 37.1 Å². The summed E-state index contributed by atoms with van der Waals surface area (Å²) in [5.41, 5.74) is 2.68. The van der Waals surface area contributed by atoms with Crippen molar-refractivity contribution in [1.82, 2.24) is 4.98 Å². The molecule has 0 aliphatic carbocycles. The number of fused-ring (bicyclic) bond motifs is 1. The fourth-order valence-corrected chi connectivity index (χ4v) is 1.76. The lowest BCUT2D eigenvalue weighted by atomic mass is 10.1. The molecule has 2 aromatic rings. The van der Waals surface area contributed by atoms with Crippen molar-refractivity contribution in [3.05, 3.63) is 48.2 Å². The van der Waals surface area contributed by atoms with E-state index in [1.165, 1.54) is 12.7 Å². The van der Waals surface area contributed by atoms with Crippen molar-refractivity contribution in [3.8, 4) is 0 Å². The minimum Gasteiger partial charge on any atom is -0.465 e. The monoisotopic (exact) mass is 215 g/mol. The summed E-state index contributed by atoms with van der Waals surface area (Å²) in [6, 6.07) is 5.50. The summed E-state index contributed by atoms with van der Waals surface area (Å²) in [5.74, 6) is -0.318. The first-order valence-electron chi connectivity index (χ1n) is 5.05. The Morgan fingerprint density at radius 2 is 2.38 bits per heavy atom. The first-order chi connectivity index (χ1) is 7.76. The van der Waals surface area contributed by atoms with Gasteiger partial charge in [-0.15, -0.1) is 6.58 Å². The number of rotatable bonds is 3. The van der Waals surface area contributed by atoms with Crippen molar-refractivity contribution in [1.29, 1.82) is 0 Å². The summed E-state index contributed by atoms with van der Waals surface area (Å²) in [5, 5.41) is 1.12. The van der Waals surface area contributed by atoms with Crippen LogP contribution in [0.3, 0.4) is 0 Å². The van der Waals surface area contributed by atoms with Gasteiger partial charge in [-0.3, -0.25) is 0 Å². The Bertz CT molecular complexity index is 540. The summed E-state index contributed by atoms with van der Waals surface area (Å²) in [7, 11) is 1.38. The van der Waals surface area contributed by atoms with Gasteiger partial charge in [0.15, 0.2) is 0 Å². The van der Waals surface area contributed by atoms with E-state index >= 15 is 0 Å². The average molecular weight is 215 g/mol. The van der Waals surface area contributed by atoms with Gasteiger partial charge in [0.2, 0.25) is 0 Å². The number of carbonyl (C=O) groups excluding carboxylic acids is 1. The van der Waals surface area contributed by atoms with E-state index in [-0.39, 0.29) is 5.97 Å². The third kappa shape index (κ3) is 1.72. The summed E-state index contributed by atoms with van der Waals surface area (Å²) in [6.45, 7) is 3.71. The first kappa shape index (κ1) is 10.5. The number of methoxy groups -OCH3 is 1. The van der Waals surface area contributed by atoms with Gasteiger partial charge in [-0.1, -0.05) is 12.1 Å². The quantitative estimate of drug-likeness (QED) is 0.631. The first-order valence-corrected chi connectivity index (χ1v) is 5.05. The normalized spacial score (nSPS) is 10.3. The molecule has 1 aromatic heterocycles. The van der Waals surface area contributed by atoms with Crippen molar-refractivity contribution in [2.45, 2.75) is 6.42 Å². The van der Waals surface area contributed by atoms with Crippen LogP contribution in [-0.2, 0) is 11.2 Å². The molecule has 0 spiro atoms. The molecule has 0 amide bonds. The smallest absolute Gasteiger partial charge is 0.337 e. The van der Waals surface area contributed by atoms with E-state index in [0.29, 0.717) is 5.56 Å². The van der Waals surface area contributed by atoms with Crippen molar-refractivity contribution in [3.63, 3.8) is 0 Å². The van der Waals surface area contributed by atoms with Gasteiger partial charge in [-0.05, 0) is 24.1 Å². The van der Waals surface area contributed by atoms with E-state index in [1.807, 2.05) is 18.3 Å². The van der Waals surface area contributed by atoms with Gasteiger partial charge in [0.05, 0.1) is 12.7 Å². The third-order valence-corrected chi connectivity index (χ3v) is 2.55. The molecule has 0 saturated carbocycles. The Balaban J connectivity index is 2.48. The van der Waals surface area contributed by atoms with Crippen LogP contribution >= 0.6 is 0 Å². The molecule has 0 saturated heterocycles. The predicted octanol–water partition coefficient (Wildman–Crippen LogP) is 2.68. The molecule has 0 fully saturated rings. The van der Waals surface area contributed by atoms with Crippen LogP contribution in [0.5, 0.6) is 0 Å². The number of allylic oxidation sites excluding steroid dienone is 1. The zero-order valence-corrected chi connectivity index (χ0v) is 9.12. The standard InChI is InChI=1S/C13H13NO2/c1-3-4-10-8-14-12-7-9(13(15)16-2)5-6-11(10)12/h3,5-8,14H,1,4H2,2H3. The maximum Gasteiger partial charge on any atom is 0.337 e. The number of hydrogen-bond acceptors (Lipinski definition) is 2. The van der Waals surface area contributed by atoms with Gasteiger partial charge in [0, 0.05) is 17.1 Å². The lowest BCUT2D eigenvalue weighted by Crippen LogP contribution is -2.00. The van der Waals surface area contributed by atoms with E-state index in [1.54, 1.807) is 12.1 Å². The molecule has 2 rings (SSSR count). The van der Waals surface area contributed by atoms with Gasteiger partial charge in [-0.2, -0.15) is 0 Å². The summed E-state index contributed by atoms with van der Waals surface area (Å²) < 4.78 is 4.67. The zero-order chi connectivity index (χ0) is 11.5. The van der Waals surface area contributed by atoms with Gasteiger partial charge in [-0.25, -0.2) is 4.79 Å². The molecule has 0 bridgehead atoms. The van der Waals surface area contributed by atoms with Gasteiger partial charge >= 0.3 is 5.97 Å². The second-order valence-electron chi connectivity index (χ2n) is 3.56. The molecule has 3 heteroatoms. The number of ether oxygens (including phenoxy) is 1. The minimum absolute atomic E-state index is 0.318. The second kappa shape index (κ2) is 4.23. The fourth-order valence-electron chi connectivity index (χ4n) is 1.76. The van der Waals surface area contributed by atoms with E-state index in [2.05, 4.69) is 16.3 Å². The fraction of sp³-hybridized carbons (Fsp3) is 0.154. The molecule has 1 aromatic carbocycles. The van der Waals surface area contributed by atoms with E-state index in [9.17, 15) is 4.79 Å². The highest BCUT2D eigenvalue weighted by Crippen LogP contribution is 2.20. The molecule has 0 atom stereocenters. The van der Waals surface area contributed by atoms with Crippen LogP contribution in [0.2, 0.25) is 0 Å². The van der Waals surface area contributed by atoms with Crippen molar-refractivity contribution in [2.24, 2.45) is 0 Å². The van der Waals surface area contributed by atoms with Crippen molar-refractivity contribution in [2.75, 3.05) is 7.11 Å². The predicted molar refractivity (Wildman–Crippen MR) is 63.5 cm³/mol. The lowest BCUT2D eigenvalue weighted by molar-refractivity contribution is 0.0601. The zero-order valence-electron chi connectivity index (χ0n) is 9.12. The summed E-state index contributed by atoms with van der Waals surface area (Å²) >= 11 is 0. The highest BCUT2D eigenvalue weighted by Gasteiger charge is 2.08. The Labute approximate surface area is 93.7 Å². The van der Waals surface area contributed by atoms with Crippen LogP contribution in [-0.4, -0.2) is 18.1 Å². The number of hydrogen-bond donors (Lipinski definition) is 1. The van der Waals surface area contributed by atoms with Crippen LogP contribution in [0.1, 0.15) is 15.9 Å². The van der Waals surface area contributed by atoms with Crippen molar-refractivity contribution >= 4 is 16.9 Å². The second-order valence-corrected chi connectivity index (χ2v) is 3.56. The average Bonchev–Trinajstić information content (AvgIpc) is 2.71. The number of esters is 1. The molecule has 0 unspecified atom stereocenters. The van der Waals surface area contributed by atoms with Crippen LogP contribution in [0, 0.1) is 0 Å². The Morgan fingerprint density at radius 1 is 1.56 bits per heavy atom. The minimum atomic E-state index is -0.318. The number of H-pyrrole nitrogens is 1. The molecule has 0 aliphatic rings. The molecular weight excluding hydrogens is 202 g/mol. The molecule has 0 aliphatic heterocycles. The lowest BCUT2D eigenvalue weighted by Gasteiger charge is -1.99. The maximum atomic E-state index is 11.3. The highest BCUT2D eigenvalue weighted by molar-refractivity contribution is 5.95. The van der Waals surface area contributed by atoms with Gasteiger partial charge in [0.25, 0.3) is 0 Å². The van der Waals surface area contributed by atoms with E-state index in [4.69, 9.17) is 0 Å². The number of aromatic nitrogens is 1. The Morgan fingerprint density at radius 3 is 3.06 bits per heavy atom. The molecule has 0 radical (unpaired) electrons. The topological polar surface area (TPSA) is 42.1 Å². The molecule has 1 heterocycles. The molecule has 16 heavy (non-hydrogen) atoms. The molecule has 82 valence electrons. The number of benzene rings is 1. The highest BCUT2D eigenvalue weighted by atomic mass is 16.5.